The summed E-state index contributed by atoms with van der Waals surface area (Å²) < 4.78 is 26.7. The van der Waals surface area contributed by atoms with Gasteiger partial charge in [0, 0.05) is 30.5 Å². The Morgan fingerprint density at radius 3 is 2.32 bits per heavy atom. The van der Waals surface area contributed by atoms with Crippen molar-refractivity contribution in [3.05, 3.63) is 53.1 Å². The van der Waals surface area contributed by atoms with Crippen molar-refractivity contribution >= 4 is 38.9 Å². The maximum Gasteiger partial charge on any atom is 0.241 e. The van der Waals surface area contributed by atoms with Crippen molar-refractivity contribution < 1.29 is 13.2 Å². The Hall–Kier alpha value is -2.09. The molecule has 0 bridgehead atoms. The molecule has 2 aromatic carbocycles. The predicted molar refractivity (Wildman–Crippen MR) is 101 cm³/mol. The summed E-state index contributed by atoms with van der Waals surface area (Å²) in [6.45, 7) is 1.35. The van der Waals surface area contributed by atoms with Crippen molar-refractivity contribution in [2.75, 3.05) is 30.9 Å². The van der Waals surface area contributed by atoms with Crippen LogP contribution in [0.4, 0.5) is 11.4 Å². The average molecular weight is 382 g/mol. The second-order valence-corrected chi connectivity index (χ2v) is 7.90. The van der Waals surface area contributed by atoms with Gasteiger partial charge in [0.25, 0.3) is 0 Å². The molecule has 2 N–H and O–H groups in total. The summed E-state index contributed by atoms with van der Waals surface area (Å²) in [5.74, 6) is -0.452. The lowest BCUT2D eigenvalue weighted by Crippen LogP contribution is -2.32. The molecular weight excluding hydrogens is 362 g/mol. The third-order valence-corrected chi connectivity index (χ3v) is 5.35. The van der Waals surface area contributed by atoms with E-state index in [0.29, 0.717) is 16.3 Å². The van der Waals surface area contributed by atoms with E-state index in [1.807, 2.05) is 31.1 Å². The topological polar surface area (TPSA) is 78.5 Å². The van der Waals surface area contributed by atoms with Crippen molar-refractivity contribution in [2.24, 2.45) is 0 Å². The molecule has 25 heavy (non-hydrogen) atoms. The van der Waals surface area contributed by atoms with E-state index in [4.69, 9.17) is 11.6 Å². The molecule has 0 fully saturated rings. The molecule has 2 aromatic rings. The third kappa shape index (κ3) is 5.19. The smallest absolute Gasteiger partial charge is 0.241 e. The van der Waals surface area contributed by atoms with Crippen LogP contribution in [0.3, 0.4) is 0 Å². The normalized spacial score (nSPS) is 11.2. The Balaban J connectivity index is 1.97. The molecule has 0 unspecified atom stereocenters. The van der Waals surface area contributed by atoms with E-state index in [0.717, 1.165) is 5.69 Å². The zero-order valence-corrected chi connectivity index (χ0v) is 15.8. The highest BCUT2D eigenvalue weighted by Gasteiger charge is 2.16. The van der Waals surface area contributed by atoms with Gasteiger partial charge in [-0.15, -0.1) is 0 Å². The maximum absolute atomic E-state index is 12.2. The number of carbonyl (C=O) groups is 1. The van der Waals surface area contributed by atoms with E-state index in [1.165, 1.54) is 18.2 Å². The first-order valence-corrected chi connectivity index (χ1v) is 9.38. The SMILES string of the molecule is Cc1cc(S(=O)(=O)NCC(=O)Nc2ccc(N(C)C)cc2)ccc1Cl. The lowest BCUT2D eigenvalue weighted by molar-refractivity contribution is -0.115. The number of rotatable bonds is 6. The molecule has 0 heterocycles. The van der Waals surface area contributed by atoms with Gasteiger partial charge in [0.15, 0.2) is 0 Å². The minimum absolute atomic E-state index is 0.0672. The minimum Gasteiger partial charge on any atom is -0.378 e. The summed E-state index contributed by atoms with van der Waals surface area (Å²) in [6.07, 6.45) is 0. The van der Waals surface area contributed by atoms with Crippen LogP contribution in [0.2, 0.25) is 5.02 Å². The number of halogens is 1. The number of carbonyl (C=O) groups excluding carboxylic acids is 1. The van der Waals surface area contributed by atoms with Gasteiger partial charge >= 0.3 is 0 Å². The van der Waals surface area contributed by atoms with Crippen molar-refractivity contribution in [3.8, 4) is 0 Å². The van der Waals surface area contributed by atoms with Gasteiger partial charge < -0.3 is 10.2 Å². The van der Waals surface area contributed by atoms with Crippen LogP contribution in [0.15, 0.2) is 47.4 Å². The van der Waals surface area contributed by atoms with Crippen LogP contribution in [0, 0.1) is 6.92 Å². The van der Waals surface area contributed by atoms with Crippen molar-refractivity contribution in [1.29, 1.82) is 0 Å². The lowest BCUT2D eigenvalue weighted by Gasteiger charge is -2.13. The fraction of sp³-hybridized carbons (Fsp3) is 0.235. The summed E-state index contributed by atoms with van der Waals surface area (Å²) in [7, 11) is 0.0540. The Morgan fingerprint density at radius 2 is 1.76 bits per heavy atom. The zero-order valence-electron chi connectivity index (χ0n) is 14.2. The van der Waals surface area contributed by atoms with E-state index >= 15 is 0 Å². The van der Waals surface area contributed by atoms with E-state index in [2.05, 4.69) is 10.0 Å². The summed E-state index contributed by atoms with van der Waals surface area (Å²) in [5.41, 5.74) is 2.24. The molecular formula is C17H20ClN3O3S. The summed E-state index contributed by atoms with van der Waals surface area (Å²) in [5, 5.41) is 3.13. The van der Waals surface area contributed by atoms with E-state index in [9.17, 15) is 13.2 Å². The maximum atomic E-state index is 12.2. The molecule has 6 nitrogen and oxygen atoms in total. The summed E-state index contributed by atoms with van der Waals surface area (Å²) >= 11 is 5.90. The highest BCUT2D eigenvalue weighted by molar-refractivity contribution is 7.89. The second kappa shape index (κ2) is 7.86. The number of sulfonamides is 1. The summed E-state index contributed by atoms with van der Waals surface area (Å²) in [4.78, 5) is 14.0. The number of benzene rings is 2. The highest BCUT2D eigenvalue weighted by Crippen LogP contribution is 2.19. The van der Waals surface area contributed by atoms with Crippen LogP contribution in [-0.2, 0) is 14.8 Å². The van der Waals surface area contributed by atoms with Gasteiger partial charge in [-0.1, -0.05) is 11.6 Å². The van der Waals surface area contributed by atoms with Crippen LogP contribution in [0.25, 0.3) is 0 Å². The number of nitrogens with one attached hydrogen (secondary N) is 2. The van der Waals surface area contributed by atoms with Crippen LogP contribution in [0.1, 0.15) is 5.56 Å². The fourth-order valence-electron chi connectivity index (χ4n) is 2.08. The van der Waals surface area contributed by atoms with E-state index in [-0.39, 0.29) is 11.4 Å². The molecule has 1 amide bonds. The van der Waals surface area contributed by atoms with Crippen molar-refractivity contribution in [3.63, 3.8) is 0 Å². The van der Waals surface area contributed by atoms with Gasteiger partial charge in [0.05, 0.1) is 11.4 Å². The Bertz CT molecular complexity index is 865. The lowest BCUT2D eigenvalue weighted by atomic mass is 10.2. The third-order valence-electron chi connectivity index (χ3n) is 3.53. The molecule has 0 saturated carbocycles. The van der Waals surface area contributed by atoms with Gasteiger partial charge in [-0.25, -0.2) is 13.1 Å². The van der Waals surface area contributed by atoms with Gasteiger partial charge in [-0.05, 0) is 55.0 Å². The molecule has 0 radical (unpaired) electrons. The van der Waals surface area contributed by atoms with Crippen molar-refractivity contribution in [1.82, 2.24) is 4.72 Å². The monoisotopic (exact) mass is 381 g/mol. The first kappa shape index (κ1) is 19.2. The number of hydrogen-bond donors (Lipinski definition) is 2. The number of hydrogen-bond acceptors (Lipinski definition) is 4. The molecule has 8 heteroatoms. The highest BCUT2D eigenvalue weighted by atomic mass is 35.5. The first-order chi connectivity index (χ1) is 11.7. The van der Waals surface area contributed by atoms with Crippen LogP contribution in [-0.4, -0.2) is 35.0 Å². The van der Waals surface area contributed by atoms with E-state index in [1.54, 1.807) is 19.1 Å². The molecule has 0 aliphatic carbocycles. The van der Waals surface area contributed by atoms with Gasteiger partial charge in [0.1, 0.15) is 0 Å². The molecule has 0 saturated heterocycles. The van der Waals surface area contributed by atoms with Crippen LogP contribution >= 0.6 is 11.6 Å². The quantitative estimate of drug-likeness (QED) is 0.806. The van der Waals surface area contributed by atoms with Gasteiger partial charge in [-0.3, -0.25) is 4.79 Å². The van der Waals surface area contributed by atoms with Gasteiger partial charge in [-0.2, -0.15) is 0 Å². The molecule has 0 aliphatic rings. The van der Waals surface area contributed by atoms with Crippen LogP contribution in [0.5, 0.6) is 0 Å². The molecule has 0 aliphatic heterocycles. The number of nitrogens with zero attached hydrogens (tertiary/aromatic N) is 1. The Labute approximate surface area is 152 Å². The van der Waals surface area contributed by atoms with E-state index < -0.39 is 15.9 Å². The number of anilines is 2. The molecule has 0 atom stereocenters. The number of amides is 1. The van der Waals surface area contributed by atoms with Gasteiger partial charge in [0.2, 0.25) is 15.9 Å². The second-order valence-electron chi connectivity index (χ2n) is 5.73. The minimum atomic E-state index is -3.78. The van der Waals surface area contributed by atoms with Crippen LogP contribution < -0.4 is 14.9 Å². The predicted octanol–water partition coefficient (Wildman–Crippen LogP) is 2.63. The average Bonchev–Trinajstić information content (AvgIpc) is 2.56. The Kier molecular flexibility index (Phi) is 6.05. The molecule has 134 valence electrons. The molecule has 0 spiro atoms. The zero-order chi connectivity index (χ0) is 18.6. The molecule has 0 aromatic heterocycles. The number of aryl methyl sites for hydroxylation is 1. The first-order valence-electron chi connectivity index (χ1n) is 7.52. The van der Waals surface area contributed by atoms with Crippen molar-refractivity contribution in [2.45, 2.75) is 11.8 Å². The standard InChI is InChI=1S/C17H20ClN3O3S/c1-12-10-15(8-9-16(12)18)25(23,24)19-11-17(22)20-13-4-6-14(7-5-13)21(2)3/h4-10,19H,11H2,1-3H3,(H,20,22). The Morgan fingerprint density at radius 1 is 1.12 bits per heavy atom. The summed E-state index contributed by atoms with van der Waals surface area (Å²) in [6, 6.07) is 11.6. The fourth-order valence-corrected chi connectivity index (χ4v) is 3.26. The molecule has 2 rings (SSSR count). The largest absolute Gasteiger partial charge is 0.378 e.